The Hall–Kier alpha value is -0.690. The van der Waals surface area contributed by atoms with Crippen LogP contribution in [0.4, 0.5) is 0 Å². The van der Waals surface area contributed by atoms with Crippen molar-refractivity contribution in [2.45, 2.75) is 37.9 Å². The van der Waals surface area contributed by atoms with Crippen LogP contribution in [0.25, 0.3) is 0 Å². The van der Waals surface area contributed by atoms with Crippen molar-refractivity contribution in [1.82, 2.24) is 5.32 Å². The second kappa shape index (κ2) is 4.70. The molecule has 1 fully saturated rings. The SMILES string of the molecule is CC(=O)N[C@@H]1[C@H](O)C[C@@H](O)O[C@@H]1CO. The minimum absolute atomic E-state index is 0.0292. The first kappa shape index (κ1) is 11.4. The van der Waals surface area contributed by atoms with Gasteiger partial charge in [-0.05, 0) is 0 Å². The summed E-state index contributed by atoms with van der Waals surface area (Å²) in [6, 6.07) is -0.666. The number of hydrogen-bond acceptors (Lipinski definition) is 5. The van der Waals surface area contributed by atoms with E-state index < -0.39 is 24.5 Å². The third-order valence-corrected chi connectivity index (χ3v) is 2.14. The quantitative estimate of drug-likeness (QED) is 0.416. The first-order chi connectivity index (χ1) is 6.54. The van der Waals surface area contributed by atoms with Crippen molar-refractivity contribution in [3.8, 4) is 0 Å². The number of nitrogens with one attached hydrogen (secondary N) is 1. The Morgan fingerprint density at radius 1 is 1.57 bits per heavy atom. The average Bonchev–Trinajstić information content (AvgIpc) is 2.08. The zero-order valence-corrected chi connectivity index (χ0v) is 7.88. The Bertz CT molecular complexity index is 210. The molecule has 0 aromatic rings. The van der Waals surface area contributed by atoms with Crippen LogP contribution in [0.2, 0.25) is 0 Å². The van der Waals surface area contributed by atoms with Crippen LogP contribution in [-0.4, -0.2) is 52.4 Å². The molecule has 0 spiro atoms. The fourth-order valence-electron chi connectivity index (χ4n) is 1.52. The van der Waals surface area contributed by atoms with E-state index >= 15 is 0 Å². The zero-order valence-electron chi connectivity index (χ0n) is 7.88. The maximum Gasteiger partial charge on any atom is 0.217 e. The second-order valence-corrected chi connectivity index (χ2v) is 3.34. The predicted octanol–water partition coefficient (Wildman–Crippen LogP) is -2.05. The van der Waals surface area contributed by atoms with Gasteiger partial charge in [0.2, 0.25) is 5.91 Å². The molecule has 82 valence electrons. The summed E-state index contributed by atoms with van der Waals surface area (Å²) in [5.41, 5.74) is 0. The molecule has 1 saturated heterocycles. The fraction of sp³-hybridized carbons (Fsp3) is 0.875. The molecule has 4 N–H and O–H groups in total. The van der Waals surface area contributed by atoms with E-state index in [9.17, 15) is 9.90 Å². The molecular weight excluding hydrogens is 190 g/mol. The zero-order chi connectivity index (χ0) is 10.7. The minimum Gasteiger partial charge on any atom is -0.394 e. The molecule has 1 amide bonds. The third-order valence-electron chi connectivity index (χ3n) is 2.14. The molecule has 0 unspecified atom stereocenters. The van der Waals surface area contributed by atoms with Crippen molar-refractivity contribution >= 4 is 5.91 Å². The summed E-state index contributed by atoms with van der Waals surface area (Å²) in [4.78, 5) is 10.8. The van der Waals surface area contributed by atoms with Crippen molar-refractivity contribution in [2.24, 2.45) is 0 Å². The molecule has 0 bridgehead atoms. The largest absolute Gasteiger partial charge is 0.394 e. The Balaban J connectivity index is 2.63. The fourth-order valence-corrected chi connectivity index (χ4v) is 1.52. The van der Waals surface area contributed by atoms with Crippen LogP contribution in [0.15, 0.2) is 0 Å². The maximum absolute atomic E-state index is 10.8. The molecule has 6 heteroatoms. The van der Waals surface area contributed by atoms with E-state index in [0.717, 1.165) is 0 Å². The number of carbonyl (C=O) groups excluding carboxylic acids is 1. The lowest BCUT2D eigenvalue weighted by Crippen LogP contribution is -2.57. The minimum atomic E-state index is -1.09. The van der Waals surface area contributed by atoms with Gasteiger partial charge in [0, 0.05) is 13.3 Å². The average molecular weight is 205 g/mol. The smallest absolute Gasteiger partial charge is 0.217 e. The van der Waals surface area contributed by atoms with Gasteiger partial charge in [0.25, 0.3) is 0 Å². The van der Waals surface area contributed by atoms with E-state index in [2.05, 4.69) is 5.32 Å². The number of aliphatic hydroxyl groups is 3. The van der Waals surface area contributed by atoms with Gasteiger partial charge in [-0.1, -0.05) is 0 Å². The van der Waals surface area contributed by atoms with Gasteiger partial charge in [-0.25, -0.2) is 0 Å². The number of hydrogen-bond donors (Lipinski definition) is 4. The standard InChI is InChI=1S/C8H15NO5/c1-4(11)9-8-5(12)2-7(13)14-6(8)3-10/h5-8,10,12-13H,2-3H2,1H3,(H,9,11)/t5-,6-,7+,8-/m1/s1. The predicted molar refractivity (Wildman–Crippen MR) is 46.2 cm³/mol. The molecule has 0 aliphatic carbocycles. The van der Waals surface area contributed by atoms with Gasteiger partial charge < -0.3 is 25.4 Å². The number of ether oxygens (including phenoxy) is 1. The van der Waals surface area contributed by atoms with Gasteiger partial charge in [0.15, 0.2) is 6.29 Å². The topological polar surface area (TPSA) is 99.0 Å². The van der Waals surface area contributed by atoms with Gasteiger partial charge in [-0.3, -0.25) is 4.79 Å². The lowest BCUT2D eigenvalue weighted by molar-refractivity contribution is -0.210. The van der Waals surface area contributed by atoms with Crippen molar-refractivity contribution in [3.63, 3.8) is 0 Å². The normalized spacial score (nSPS) is 38.0. The van der Waals surface area contributed by atoms with Crippen molar-refractivity contribution in [1.29, 1.82) is 0 Å². The summed E-state index contributed by atoms with van der Waals surface area (Å²) in [6.45, 7) is 0.950. The van der Waals surface area contributed by atoms with Gasteiger partial charge >= 0.3 is 0 Å². The molecule has 1 aliphatic rings. The number of aliphatic hydroxyl groups excluding tert-OH is 3. The van der Waals surface area contributed by atoms with Gasteiger partial charge in [0.05, 0.1) is 18.8 Å². The van der Waals surface area contributed by atoms with Gasteiger partial charge in [-0.2, -0.15) is 0 Å². The summed E-state index contributed by atoms with van der Waals surface area (Å²) >= 11 is 0. The van der Waals surface area contributed by atoms with Crippen molar-refractivity contribution in [3.05, 3.63) is 0 Å². The lowest BCUT2D eigenvalue weighted by atomic mass is 9.99. The molecule has 0 saturated carbocycles. The summed E-state index contributed by atoms with van der Waals surface area (Å²) in [7, 11) is 0. The number of carbonyl (C=O) groups is 1. The summed E-state index contributed by atoms with van der Waals surface area (Å²) in [5.74, 6) is -0.313. The Morgan fingerprint density at radius 3 is 2.71 bits per heavy atom. The van der Waals surface area contributed by atoms with Crippen LogP contribution in [0.5, 0.6) is 0 Å². The third kappa shape index (κ3) is 2.65. The second-order valence-electron chi connectivity index (χ2n) is 3.34. The Labute approximate surface area is 81.5 Å². The molecule has 1 rings (SSSR count). The van der Waals surface area contributed by atoms with Gasteiger partial charge in [-0.15, -0.1) is 0 Å². The molecule has 0 aromatic carbocycles. The molecule has 4 atom stereocenters. The molecule has 6 nitrogen and oxygen atoms in total. The monoisotopic (exact) mass is 205 g/mol. The van der Waals surface area contributed by atoms with E-state index in [0.29, 0.717) is 0 Å². The maximum atomic E-state index is 10.8. The van der Waals surface area contributed by atoms with Crippen LogP contribution in [0.1, 0.15) is 13.3 Å². The highest BCUT2D eigenvalue weighted by molar-refractivity contribution is 5.73. The van der Waals surface area contributed by atoms with E-state index in [4.69, 9.17) is 14.9 Å². The lowest BCUT2D eigenvalue weighted by Gasteiger charge is -2.37. The highest BCUT2D eigenvalue weighted by Gasteiger charge is 2.37. The van der Waals surface area contributed by atoms with E-state index in [1.165, 1.54) is 6.92 Å². The van der Waals surface area contributed by atoms with Crippen LogP contribution in [0, 0.1) is 0 Å². The first-order valence-electron chi connectivity index (χ1n) is 4.44. The Kier molecular flexibility index (Phi) is 3.82. The van der Waals surface area contributed by atoms with E-state index in [1.807, 2.05) is 0 Å². The highest BCUT2D eigenvalue weighted by Crippen LogP contribution is 2.18. The summed E-state index contributed by atoms with van der Waals surface area (Å²) in [5, 5.41) is 30.0. The van der Waals surface area contributed by atoms with Gasteiger partial charge in [0.1, 0.15) is 6.10 Å². The highest BCUT2D eigenvalue weighted by atomic mass is 16.6. The first-order valence-corrected chi connectivity index (χ1v) is 4.44. The van der Waals surface area contributed by atoms with Crippen LogP contribution >= 0.6 is 0 Å². The summed E-state index contributed by atoms with van der Waals surface area (Å²) < 4.78 is 4.95. The van der Waals surface area contributed by atoms with Crippen molar-refractivity contribution < 1.29 is 24.9 Å². The number of rotatable bonds is 2. The number of amides is 1. The van der Waals surface area contributed by atoms with Crippen LogP contribution in [0.3, 0.4) is 0 Å². The van der Waals surface area contributed by atoms with E-state index in [-0.39, 0.29) is 18.9 Å². The van der Waals surface area contributed by atoms with Crippen LogP contribution < -0.4 is 5.32 Å². The molecule has 1 aliphatic heterocycles. The molecule has 1 heterocycles. The van der Waals surface area contributed by atoms with Crippen LogP contribution in [-0.2, 0) is 9.53 Å². The molecule has 0 radical (unpaired) electrons. The molecule has 14 heavy (non-hydrogen) atoms. The Morgan fingerprint density at radius 2 is 2.21 bits per heavy atom. The molecule has 0 aromatic heterocycles. The molecular formula is C8H15NO5. The summed E-state index contributed by atoms with van der Waals surface area (Å²) in [6.07, 6.45) is -2.73. The van der Waals surface area contributed by atoms with E-state index in [1.54, 1.807) is 0 Å². The van der Waals surface area contributed by atoms with Crippen molar-refractivity contribution in [2.75, 3.05) is 6.61 Å².